The van der Waals surface area contributed by atoms with Gasteiger partial charge in [-0.05, 0) is 66.9 Å². The van der Waals surface area contributed by atoms with E-state index in [-0.39, 0.29) is 25.0 Å². The van der Waals surface area contributed by atoms with Crippen molar-refractivity contribution in [2.75, 3.05) is 18.5 Å². The Kier molecular flexibility index (Phi) is 7.90. The molecule has 1 aliphatic rings. The Morgan fingerprint density at radius 2 is 1.69 bits per heavy atom. The van der Waals surface area contributed by atoms with Gasteiger partial charge in [-0.15, -0.1) is 0 Å². The molecule has 4 aromatic rings. The number of fused-ring (bicyclic) bond motifs is 1. The second-order valence-electron chi connectivity index (χ2n) is 9.36. The van der Waals surface area contributed by atoms with Crippen molar-refractivity contribution in [3.8, 4) is 5.69 Å². The van der Waals surface area contributed by atoms with E-state index in [1.807, 2.05) is 0 Å². The molecule has 0 radical (unpaired) electrons. The van der Waals surface area contributed by atoms with Gasteiger partial charge in [0.2, 0.25) is 11.8 Å². The van der Waals surface area contributed by atoms with Crippen LogP contribution in [0.4, 0.5) is 5.69 Å². The van der Waals surface area contributed by atoms with Crippen LogP contribution in [-0.4, -0.2) is 40.2 Å². The summed E-state index contributed by atoms with van der Waals surface area (Å²) in [6.45, 7) is 0.907. The first-order valence-corrected chi connectivity index (χ1v) is 13.0. The number of carbonyl (C=O) groups excluding carboxylic acids is 2. The zero-order valence-corrected chi connectivity index (χ0v) is 21.8. The van der Waals surface area contributed by atoms with Crippen molar-refractivity contribution in [3.05, 3.63) is 104 Å². The number of para-hydroxylation sites is 1. The van der Waals surface area contributed by atoms with Gasteiger partial charge >= 0.3 is 5.69 Å². The van der Waals surface area contributed by atoms with Gasteiger partial charge in [0, 0.05) is 23.9 Å². The standard InChI is InChI=1S/C29H27ClN4O5/c30-20-9-11-21(12-10-20)32-27(36)18-33-25-6-2-1-5-24(25)28(37)34(29(33)38)22-13-7-19(8-14-22)16-26(35)31-17-23-4-3-15-39-23/h1-2,5-14,23H,3-4,15-18H2,(H,31,35)(H,32,36)/t23-/m1/s1. The maximum Gasteiger partial charge on any atom is 0.336 e. The number of rotatable bonds is 8. The number of amides is 2. The molecule has 1 fully saturated rings. The summed E-state index contributed by atoms with van der Waals surface area (Å²) < 4.78 is 7.84. The van der Waals surface area contributed by atoms with Crippen LogP contribution in [0.2, 0.25) is 5.02 Å². The average Bonchev–Trinajstić information content (AvgIpc) is 3.46. The van der Waals surface area contributed by atoms with E-state index in [0.717, 1.165) is 29.6 Å². The van der Waals surface area contributed by atoms with Crippen molar-refractivity contribution in [2.24, 2.45) is 0 Å². The van der Waals surface area contributed by atoms with E-state index < -0.39 is 17.2 Å². The van der Waals surface area contributed by atoms with Crippen molar-refractivity contribution in [1.29, 1.82) is 0 Å². The minimum Gasteiger partial charge on any atom is -0.376 e. The fourth-order valence-electron chi connectivity index (χ4n) is 4.62. The number of carbonyl (C=O) groups is 2. The highest BCUT2D eigenvalue weighted by Gasteiger charge is 2.18. The quantitative estimate of drug-likeness (QED) is 0.352. The molecule has 9 nitrogen and oxygen atoms in total. The van der Waals surface area contributed by atoms with E-state index in [1.165, 1.54) is 4.57 Å². The number of benzene rings is 3. The van der Waals surface area contributed by atoms with Crippen LogP contribution < -0.4 is 21.9 Å². The molecule has 2 heterocycles. The van der Waals surface area contributed by atoms with Gasteiger partial charge < -0.3 is 15.4 Å². The number of nitrogens with one attached hydrogen (secondary N) is 2. The van der Waals surface area contributed by atoms with Gasteiger partial charge in [-0.2, -0.15) is 0 Å². The third kappa shape index (κ3) is 6.10. The molecule has 1 atom stereocenters. The van der Waals surface area contributed by atoms with Crippen LogP contribution in [0.25, 0.3) is 16.6 Å². The first kappa shape index (κ1) is 26.4. The van der Waals surface area contributed by atoms with Gasteiger partial charge in [0.25, 0.3) is 5.56 Å². The number of hydrogen-bond acceptors (Lipinski definition) is 5. The fourth-order valence-corrected chi connectivity index (χ4v) is 4.75. The van der Waals surface area contributed by atoms with Crippen LogP contribution in [0.1, 0.15) is 18.4 Å². The first-order valence-electron chi connectivity index (χ1n) is 12.7. The van der Waals surface area contributed by atoms with Gasteiger partial charge in [-0.3, -0.25) is 19.0 Å². The van der Waals surface area contributed by atoms with E-state index in [4.69, 9.17) is 16.3 Å². The molecule has 1 aliphatic heterocycles. The van der Waals surface area contributed by atoms with Crippen molar-refractivity contribution in [3.63, 3.8) is 0 Å². The van der Waals surface area contributed by atoms with Crippen molar-refractivity contribution in [2.45, 2.75) is 31.9 Å². The van der Waals surface area contributed by atoms with Crippen molar-refractivity contribution >= 4 is 40.0 Å². The molecule has 0 spiro atoms. The second kappa shape index (κ2) is 11.7. The molecule has 0 aliphatic carbocycles. The Bertz CT molecular complexity index is 1620. The zero-order valence-electron chi connectivity index (χ0n) is 21.1. The lowest BCUT2D eigenvalue weighted by Crippen LogP contribution is -2.40. The number of halogens is 1. The summed E-state index contributed by atoms with van der Waals surface area (Å²) in [5, 5.41) is 6.47. The minimum absolute atomic E-state index is 0.0616. The summed E-state index contributed by atoms with van der Waals surface area (Å²) in [5.41, 5.74) is 0.824. The summed E-state index contributed by atoms with van der Waals surface area (Å²) in [7, 11) is 0. The molecule has 0 unspecified atom stereocenters. The fraction of sp³-hybridized carbons (Fsp3) is 0.241. The monoisotopic (exact) mass is 546 g/mol. The molecular weight excluding hydrogens is 520 g/mol. The third-order valence-electron chi connectivity index (χ3n) is 6.59. The number of ether oxygens (including phenoxy) is 1. The summed E-state index contributed by atoms with van der Waals surface area (Å²) >= 11 is 5.91. The van der Waals surface area contributed by atoms with E-state index >= 15 is 0 Å². The minimum atomic E-state index is -0.646. The number of hydrogen-bond donors (Lipinski definition) is 2. The van der Waals surface area contributed by atoms with Crippen molar-refractivity contribution < 1.29 is 14.3 Å². The summed E-state index contributed by atoms with van der Waals surface area (Å²) in [6.07, 6.45) is 2.17. The summed E-state index contributed by atoms with van der Waals surface area (Å²) in [5.74, 6) is -0.561. The molecule has 0 bridgehead atoms. The highest BCUT2D eigenvalue weighted by atomic mass is 35.5. The molecule has 39 heavy (non-hydrogen) atoms. The molecule has 2 N–H and O–H groups in total. The Labute approximate surface area is 229 Å². The largest absolute Gasteiger partial charge is 0.376 e. The number of anilines is 1. The predicted molar refractivity (Wildman–Crippen MR) is 150 cm³/mol. The van der Waals surface area contributed by atoms with Gasteiger partial charge in [0.05, 0.1) is 29.1 Å². The van der Waals surface area contributed by atoms with Crippen LogP contribution in [0, 0.1) is 0 Å². The van der Waals surface area contributed by atoms with Crippen LogP contribution in [0.5, 0.6) is 0 Å². The lowest BCUT2D eigenvalue weighted by atomic mass is 10.1. The highest BCUT2D eigenvalue weighted by Crippen LogP contribution is 2.15. The molecule has 3 aromatic carbocycles. The van der Waals surface area contributed by atoms with Crippen LogP contribution in [0.15, 0.2) is 82.4 Å². The predicted octanol–water partition coefficient (Wildman–Crippen LogP) is 3.28. The summed E-state index contributed by atoms with van der Waals surface area (Å²) in [6, 6.07) is 19.9. The molecule has 1 saturated heterocycles. The molecule has 1 aromatic heterocycles. The zero-order chi connectivity index (χ0) is 27.4. The lowest BCUT2D eigenvalue weighted by molar-refractivity contribution is -0.121. The average molecular weight is 547 g/mol. The summed E-state index contributed by atoms with van der Waals surface area (Å²) in [4.78, 5) is 52.1. The number of nitrogens with zero attached hydrogens (tertiary/aromatic N) is 2. The van der Waals surface area contributed by atoms with Crippen molar-refractivity contribution in [1.82, 2.24) is 14.5 Å². The molecular formula is C29H27ClN4O5. The Hall–Kier alpha value is -4.21. The maximum atomic E-state index is 13.6. The molecule has 0 saturated carbocycles. The van der Waals surface area contributed by atoms with E-state index in [2.05, 4.69) is 10.6 Å². The van der Waals surface area contributed by atoms with Gasteiger partial charge in [0.15, 0.2) is 0 Å². The highest BCUT2D eigenvalue weighted by molar-refractivity contribution is 6.30. The second-order valence-corrected chi connectivity index (χ2v) is 9.80. The molecule has 200 valence electrons. The Morgan fingerprint density at radius 3 is 2.41 bits per heavy atom. The van der Waals surface area contributed by atoms with Crippen LogP contribution in [-0.2, 0) is 27.3 Å². The topological polar surface area (TPSA) is 111 Å². The molecule has 2 amide bonds. The van der Waals surface area contributed by atoms with E-state index in [9.17, 15) is 19.2 Å². The number of aromatic nitrogens is 2. The molecule has 5 rings (SSSR count). The first-order chi connectivity index (χ1) is 18.9. The van der Waals surface area contributed by atoms with E-state index in [0.29, 0.717) is 33.8 Å². The van der Waals surface area contributed by atoms with Gasteiger partial charge in [-0.1, -0.05) is 35.9 Å². The Morgan fingerprint density at radius 1 is 0.949 bits per heavy atom. The van der Waals surface area contributed by atoms with Crippen LogP contribution in [0.3, 0.4) is 0 Å². The lowest BCUT2D eigenvalue weighted by Gasteiger charge is -2.15. The SMILES string of the molecule is O=C(Cc1ccc(-n2c(=O)c3ccccc3n(CC(=O)Nc3ccc(Cl)cc3)c2=O)cc1)NC[C@H]1CCCO1. The smallest absolute Gasteiger partial charge is 0.336 e. The van der Waals surface area contributed by atoms with Gasteiger partial charge in [-0.25, -0.2) is 9.36 Å². The maximum absolute atomic E-state index is 13.6. The Balaban J connectivity index is 1.39. The normalized spacial score (nSPS) is 14.8. The van der Waals surface area contributed by atoms with Gasteiger partial charge in [0.1, 0.15) is 6.54 Å². The third-order valence-corrected chi connectivity index (χ3v) is 6.84. The molecule has 10 heteroatoms. The van der Waals surface area contributed by atoms with E-state index in [1.54, 1.807) is 72.8 Å². The van der Waals surface area contributed by atoms with Crippen LogP contribution >= 0.6 is 11.6 Å².